The lowest BCUT2D eigenvalue weighted by Crippen LogP contribution is -2.01. The summed E-state index contributed by atoms with van der Waals surface area (Å²) >= 11 is 0. The van der Waals surface area contributed by atoms with Gasteiger partial charge in [0.05, 0.1) is 11.2 Å². The topological polar surface area (TPSA) is 24.9 Å². The summed E-state index contributed by atoms with van der Waals surface area (Å²) < 4.78 is 13.8. The van der Waals surface area contributed by atoms with Crippen molar-refractivity contribution in [2.24, 2.45) is 0 Å². The van der Waals surface area contributed by atoms with Gasteiger partial charge in [-0.05, 0) is 55.3 Å². The summed E-state index contributed by atoms with van der Waals surface area (Å²) in [5, 5.41) is 4.24. The number of hydrogen-bond donors (Lipinski definition) is 1. The molecule has 0 saturated heterocycles. The Morgan fingerprint density at radius 3 is 2.67 bits per heavy atom. The summed E-state index contributed by atoms with van der Waals surface area (Å²) in [6.45, 7) is 4.45. The minimum Gasteiger partial charge on any atom is -0.379 e. The van der Waals surface area contributed by atoms with Crippen molar-refractivity contribution in [1.29, 1.82) is 0 Å². The SMILES string of the molecule is Cc1ccc(NCc2ccc3nc(C)ccc3c2)c(F)c1. The smallest absolute Gasteiger partial charge is 0.146 e. The van der Waals surface area contributed by atoms with Gasteiger partial charge in [-0.15, -0.1) is 0 Å². The standard InChI is InChI=1S/C18H17FN2/c1-12-3-7-18(16(19)9-12)20-11-14-5-8-17-15(10-14)6-4-13(2)21-17/h3-10,20H,11H2,1-2H3. The molecule has 21 heavy (non-hydrogen) atoms. The van der Waals surface area contributed by atoms with E-state index < -0.39 is 0 Å². The van der Waals surface area contributed by atoms with Crippen molar-refractivity contribution < 1.29 is 4.39 Å². The normalized spacial score (nSPS) is 10.8. The molecular weight excluding hydrogens is 263 g/mol. The van der Waals surface area contributed by atoms with Crippen LogP contribution in [0.3, 0.4) is 0 Å². The molecule has 2 nitrogen and oxygen atoms in total. The predicted molar refractivity (Wildman–Crippen MR) is 84.9 cm³/mol. The van der Waals surface area contributed by atoms with Gasteiger partial charge in [-0.1, -0.05) is 18.2 Å². The van der Waals surface area contributed by atoms with Crippen LogP contribution in [0.1, 0.15) is 16.8 Å². The fourth-order valence-corrected chi connectivity index (χ4v) is 2.35. The van der Waals surface area contributed by atoms with Crippen LogP contribution in [-0.2, 0) is 6.54 Å². The van der Waals surface area contributed by atoms with Crippen LogP contribution in [-0.4, -0.2) is 4.98 Å². The van der Waals surface area contributed by atoms with E-state index in [1.165, 1.54) is 6.07 Å². The first-order valence-corrected chi connectivity index (χ1v) is 6.98. The Kier molecular flexibility index (Phi) is 3.57. The molecule has 0 fully saturated rings. The molecule has 106 valence electrons. The number of hydrogen-bond acceptors (Lipinski definition) is 2. The van der Waals surface area contributed by atoms with Crippen LogP contribution >= 0.6 is 0 Å². The van der Waals surface area contributed by atoms with Gasteiger partial charge in [0.25, 0.3) is 0 Å². The quantitative estimate of drug-likeness (QED) is 0.758. The van der Waals surface area contributed by atoms with E-state index in [1.807, 2.05) is 38.1 Å². The lowest BCUT2D eigenvalue weighted by molar-refractivity contribution is 0.629. The van der Waals surface area contributed by atoms with E-state index in [1.54, 1.807) is 6.07 Å². The van der Waals surface area contributed by atoms with Crippen LogP contribution in [0.25, 0.3) is 10.9 Å². The molecule has 1 aromatic heterocycles. The Hall–Kier alpha value is -2.42. The van der Waals surface area contributed by atoms with Crippen molar-refractivity contribution in [2.75, 3.05) is 5.32 Å². The monoisotopic (exact) mass is 280 g/mol. The molecule has 0 aliphatic rings. The highest BCUT2D eigenvalue weighted by Crippen LogP contribution is 2.18. The Balaban J connectivity index is 1.80. The van der Waals surface area contributed by atoms with Gasteiger partial charge in [0, 0.05) is 17.6 Å². The van der Waals surface area contributed by atoms with Gasteiger partial charge in [0.2, 0.25) is 0 Å². The van der Waals surface area contributed by atoms with Crippen LogP contribution < -0.4 is 5.32 Å². The highest BCUT2D eigenvalue weighted by molar-refractivity contribution is 5.79. The van der Waals surface area contributed by atoms with E-state index in [0.29, 0.717) is 12.2 Å². The number of benzene rings is 2. The number of nitrogens with zero attached hydrogens (tertiary/aromatic N) is 1. The predicted octanol–water partition coefficient (Wildman–Crippen LogP) is 4.60. The molecule has 0 unspecified atom stereocenters. The summed E-state index contributed by atoms with van der Waals surface area (Å²) in [6, 6.07) is 15.4. The highest BCUT2D eigenvalue weighted by atomic mass is 19.1. The molecule has 0 aliphatic heterocycles. The molecule has 3 heteroatoms. The Bertz CT molecular complexity index is 796. The number of pyridine rings is 1. The second-order valence-electron chi connectivity index (χ2n) is 5.32. The molecule has 0 aliphatic carbocycles. The summed E-state index contributed by atoms with van der Waals surface area (Å²) in [5.74, 6) is -0.215. The number of rotatable bonds is 3. The van der Waals surface area contributed by atoms with E-state index in [-0.39, 0.29) is 5.82 Å². The number of nitrogens with one attached hydrogen (secondary N) is 1. The molecular formula is C18H17FN2. The maximum Gasteiger partial charge on any atom is 0.146 e. The van der Waals surface area contributed by atoms with Crippen molar-refractivity contribution in [3.8, 4) is 0 Å². The van der Waals surface area contributed by atoms with E-state index in [2.05, 4.69) is 22.4 Å². The summed E-state index contributed by atoms with van der Waals surface area (Å²) in [5.41, 5.74) is 4.55. The second kappa shape index (κ2) is 5.52. The molecule has 0 spiro atoms. The van der Waals surface area contributed by atoms with Crippen molar-refractivity contribution in [3.63, 3.8) is 0 Å². The molecule has 0 radical (unpaired) electrons. The van der Waals surface area contributed by atoms with Gasteiger partial charge in [0.1, 0.15) is 5.82 Å². The van der Waals surface area contributed by atoms with Gasteiger partial charge in [0.15, 0.2) is 0 Å². The van der Waals surface area contributed by atoms with E-state index >= 15 is 0 Å². The molecule has 3 aromatic rings. The lowest BCUT2D eigenvalue weighted by Gasteiger charge is -2.09. The number of halogens is 1. The van der Waals surface area contributed by atoms with Crippen molar-refractivity contribution in [3.05, 3.63) is 71.2 Å². The van der Waals surface area contributed by atoms with Crippen molar-refractivity contribution in [1.82, 2.24) is 4.98 Å². The Morgan fingerprint density at radius 1 is 1.00 bits per heavy atom. The fraction of sp³-hybridized carbons (Fsp3) is 0.167. The van der Waals surface area contributed by atoms with E-state index in [9.17, 15) is 4.39 Å². The maximum atomic E-state index is 13.8. The molecule has 1 N–H and O–H groups in total. The number of aryl methyl sites for hydroxylation is 2. The molecule has 0 atom stereocenters. The van der Waals surface area contributed by atoms with Crippen molar-refractivity contribution in [2.45, 2.75) is 20.4 Å². The van der Waals surface area contributed by atoms with Crippen LogP contribution in [0.5, 0.6) is 0 Å². The van der Waals surface area contributed by atoms with Crippen LogP contribution in [0, 0.1) is 19.7 Å². The maximum absolute atomic E-state index is 13.8. The Labute approximate surface area is 123 Å². The minimum absolute atomic E-state index is 0.215. The highest BCUT2D eigenvalue weighted by Gasteiger charge is 2.03. The number of fused-ring (bicyclic) bond motifs is 1. The molecule has 3 rings (SSSR count). The zero-order chi connectivity index (χ0) is 14.8. The largest absolute Gasteiger partial charge is 0.379 e. The summed E-state index contributed by atoms with van der Waals surface area (Å²) in [7, 11) is 0. The first kappa shape index (κ1) is 13.6. The average molecular weight is 280 g/mol. The fourth-order valence-electron chi connectivity index (χ4n) is 2.35. The summed E-state index contributed by atoms with van der Waals surface area (Å²) in [6.07, 6.45) is 0. The zero-order valence-corrected chi connectivity index (χ0v) is 12.2. The summed E-state index contributed by atoms with van der Waals surface area (Å²) in [4.78, 5) is 4.48. The average Bonchev–Trinajstić information content (AvgIpc) is 2.46. The lowest BCUT2D eigenvalue weighted by atomic mass is 10.1. The van der Waals surface area contributed by atoms with Gasteiger partial charge in [-0.2, -0.15) is 0 Å². The zero-order valence-electron chi connectivity index (χ0n) is 12.2. The first-order valence-electron chi connectivity index (χ1n) is 6.98. The van der Waals surface area contributed by atoms with Gasteiger partial charge in [-0.25, -0.2) is 4.39 Å². The first-order chi connectivity index (χ1) is 10.1. The van der Waals surface area contributed by atoms with Gasteiger partial charge >= 0.3 is 0 Å². The van der Waals surface area contributed by atoms with Crippen LogP contribution in [0.15, 0.2) is 48.5 Å². The van der Waals surface area contributed by atoms with Crippen LogP contribution in [0.4, 0.5) is 10.1 Å². The molecule has 0 saturated carbocycles. The molecule has 2 aromatic carbocycles. The van der Waals surface area contributed by atoms with Crippen LogP contribution in [0.2, 0.25) is 0 Å². The third-order valence-electron chi connectivity index (χ3n) is 3.50. The third kappa shape index (κ3) is 3.02. The molecule has 1 heterocycles. The van der Waals surface area contributed by atoms with E-state index in [0.717, 1.165) is 27.7 Å². The second-order valence-corrected chi connectivity index (χ2v) is 5.32. The molecule has 0 amide bonds. The third-order valence-corrected chi connectivity index (χ3v) is 3.50. The van der Waals surface area contributed by atoms with Crippen molar-refractivity contribution >= 4 is 16.6 Å². The van der Waals surface area contributed by atoms with E-state index in [4.69, 9.17) is 0 Å². The minimum atomic E-state index is -0.215. The Morgan fingerprint density at radius 2 is 1.86 bits per heavy atom. The molecule has 0 bridgehead atoms. The number of aromatic nitrogens is 1. The van der Waals surface area contributed by atoms with Gasteiger partial charge in [-0.3, -0.25) is 4.98 Å². The number of anilines is 1. The van der Waals surface area contributed by atoms with Gasteiger partial charge < -0.3 is 5.32 Å².